The Morgan fingerprint density at radius 1 is 1.32 bits per heavy atom. The van der Waals surface area contributed by atoms with E-state index in [4.69, 9.17) is 5.11 Å². The summed E-state index contributed by atoms with van der Waals surface area (Å²) in [6.07, 6.45) is 8.63. The average Bonchev–Trinajstić information content (AvgIpc) is 2.86. The van der Waals surface area contributed by atoms with Crippen molar-refractivity contribution in [3.05, 3.63) is 12.2 Å². The van der Waals surface area contributed by atoms with Crippen LogP contribution in [0.15, 0.2) is 12.2 Å². The number of hydrogen-bond acceptors (Lipinski definition) is 2. The summed E-state index contributed by atoms with van der Waals surface area (Å²) in [6, 6.07) is 0.107. The van der Waals surface area contributed by atoms with Crippen LogP contribution in [0.4, 0.5) is 4.79 Å². The minimum atomic E-state index is -0.752. The highest BCUT2D eigenvalue weighted by Gasteiger charge is 2.13. The third kappa shape index (κ3) is 6.84. The van der Waals surface area contributed by atoms with Gasteiger partial charge in [-0.05, 0) is 31.6 Å². The second-order valence-corrected chi connectivity index (χ2v) is 5.04. The lowest BCUT2D eigenvalue weighted by molar-refractivity contribution is -0.137. The highest BCUT2D eigenvalue weighted by Crippen LogP contribution is 2.14. The standard InChI is InChI=1S/C14H24N2O3/c1-2-11(7-8-13(17)18)9-10-15-14(19)16-12-5-3-4-6-12/h3-4,11-12H,2,5-10H2,1H3,(H,17,18)(H2,15,16,19). The van der Waals surface area contributed by atoms with Crippen LogP contribution in [0.1, 0.15) is 45.4 Å². The van der Waals surface area contributed by atoms with E-state index in [0.29, 0.717) is 18.9 Å². The van der Waals surface area contributed by atoms with E-state index in [1.807, 2.05) is 0 Å². The number of carboxylic acids is 1. The van der Waals surface area contributed by atoms with Crippen molar-refractivity contribution in [2.24, 2.45) is 5.92 Å². The zero-order chi connectivity index (χ0) is 14.1. The Labute approximate surface area is 114 Å². The summed E-state index contributed by atoms with van der Waals surface area (Å²) in [7, 11) is 0. The molecule has 1 atom stereocenters. The van der Waals surface area contributed by atoms with E-state index in [0.717, 1.165) is 25.7 Å². The highest BCUT2D eigenvalue weighted by atomic mass is 16.4. The van der Waals surface area contributed by atoms with Gasteiger partial charge in [0, 0.05) is 19.0 Å². The van der Waals surface area contributed by atoms with Crippen LogP contribution in [0.3, 0.4) is 0 Å². The van der Waals surface area contributed by atoms with Crippen molar-refractivity contribution < 1.29 is 14.7 Å². The molecule has 1 aliphatic rings. The predicted octanol–water partition coefficient (Wildman–Crippen LogP) is 2.29. The van der Waals surface area contributed by atoms with Gasteiger partial charge in [-0.1, -0.05) is 25.5 Å². The molecule has 19 heavy (non-hydrogen) atoms. The molecule has 5 heteroatoms. The van der Waals surface area contributed by atoms with E-state index in [2.05, 4.69) is 29.7 Å². The van der Waals surface area contributed by atoms with E-state index in [-0.39, 0.29) is 18.5 Å². The molecule has 0 spiro atoms. The van der Waals surface area contributed by atoms with Crippen LogP contribution in [-0.2, 0) is 4.79 Å². The van der Waals surface area contributed by atoms with Gasteiger partial charge in [0.05, 0.1) is 0 Å². The fraction of sp³-hybridized carbons (Fsp3) is 0.714. The molecule has 1 rings (SSSR count). The van der Waals surface area contributed by atoms with Crippen molar-refractivity contribution in [3.63, 3.8) is 0 Å². The molecule has 0 heterocycles. The van der Waals surface area contributed by atoms with Gasteiger partial charge in [0.2, 0.25) is 0 Å². The summed E-state index contributed by atoms with van der Waals surface area (Å²) in [4.78, 5) is 22.1. The van der Waals surface area contributed by atoms with Gasteiger partial charge >= 0.3 is 12.0 Å². The number of carboxylic acid groups (broad SMARTS) is 1. The first kappa shape index (κ1) is 15.5. The molecule has 0 aromatic heterocycles. The summed E-state index contributed by atoms with van der Waals surface area (Å²) in [5, 5.41) is 14.4. The number of aliphatic carboxylic acids is 1. The number of carbonyl (C=O) groups excluding carboxylic acids is 1. The molecule has 3 N–H and O–H groups in total. The molecular formula is C14H24N2O3. The lowest BCUT2D eigenvalue weighted by Gasteiger charge is -2.16. The van der Waals surface area contributed by atoms with Gasteiger partial charge in [-0.25, -0.2) is 4.79 Å². The van der Waals surface area contributed by atoms with Crippen molar-refractivity contribution in [1.82, 2.24) is 10.6 Å². The molecule has 0 aromatic rings. The number of nitrogens with one attached hydrogen (secondary N) is 2. The summed E-state index contributed by atoms with van der Waals surface area (Å²) in [6.45, 7) is 2.65. The largest absolute Gasteiger partial charge is 0.481 e. The lowest BCUT2D eigenvalue weighted by atomic mass is 9.97. The summed E-state index contributed by atoms with van der Waals surface area (Å²) in [5.41, 5.74) is 0. The van der Waals surface area contributed by atoms with E-state index < -0.39 is 5.97 Å². The quantitative estimate of drug-likeness (QED) is 0.591. The maximum absolute atomic E-state index is 11.6. The lowest BCUT2D eigenvalue weighted by Crippen LogP contribution is -2.41. The van der Waals surface area contributed by atoms with E-state index in [1.165, 1.54) is 0 Å². The fourth-order valence-corrected chi connectivity index (χ4v) is 2.24. The molecular weight excluding hydrogens is 244 g/mol. The zero-order valence-electron chi connectivity index (χ0n) is 11.5. The van der Waals surface area contributed by atoms with Gasteiger partial charge in [0.1, 0.15) is 0 Å². The Balaban J connectivity index is 2.09. The molecule has 5 nitrogen and oxygen atoms in total. The average molecular weight is 268 g/mol. The normalized spacial score (nSPS) is 16.3. The number of hydrogen-bond donors (Lipinski definition) is 3. The first-order valence-electron chi connectivity index (χ1n) is 7.03. The third-order valence-corrected chi connectivity index (χ3v) is 3.53. The van der Waals surface area contributed by atoms with Crippen LogP contribution in [0.2, 0.25) is 0 Å². The van der Waals surface area contributed by atoms with Crippen LogP contribution < -0.4 is 10.6 Å². The molecule has 0 bridgehead atoms. The maximum atomic E-state index is 11.6. The Bertz CT molecular complexity index is 321. The summed E-state index contributed by atoms with van der Waals surface area (Å²) in [5.74, 6) is -0.387. The first-order chi connectivity index (χ1) is 9.11. The summed E-state index contributed by atoms with van der Waals surface area (Å²) >= 11 is 0. The van der Waals surface area contributed by atoms with Gasteiger partial charge in [-0.2, -0.15) is 0 Å². The minimum Gasteiger partial charge on any atom is -0.481 e. The van der Waals surface area contributed by atoms with Gasteiger partial charge < -0.3 is 15.7 Å². The fourth-order valence-electron chi connectivity index (χ4n) is 2.24. The molecule has 0 aliphatic heterocycles. The molecule has 0 fully saturated rings. The third-order valence-electron chi connectivity index (χ3n) is 3.53. The molecule has 0 saturated carbocycles. The van der Waals surface area contributed by atoms with Crippen LogP contribution in [-0.4, -0.2) is 29.7 Å². The molecule has 0 saturated heterocycles. The molecule has 0 aromatic carbocycles. The van der Waals surface area contributed by atoms with Gasteiger partial charge in [0.15, 0.2) is 0 Å². The zero-order valence-corrected chi connectivity index (χ0v) is 11.5. The molecule has 2 amide bonds. The van der Waals surface area contributed by atoms with Crippen molar-refractivity contribution in [2.75, 3.05) is 6.54 Å². The number of rotatable bonds is 8. The number of amides is 2. The number of urea groups is 1. The molecule has 1 unspecified atom stereocenters. The van der Waals surface area contributed by atoms with Crippen LogP contribution >= 0.6 is 0 Å². The Morgan fingerprint density at radius 2 is 2.00 bits per heavy atom. The topological polar surface area (TPSA) is 78.4 Å². The second kappa shape index (κ2) is 8.56. The van der Waals surface area contributed by atoms with Crippen molar-refractivity contribution in [2.45, 2.75) is 51.5 Å². The van der Waals surface area contributed by atoms with Crippen molar-refractivity contribution in [1.29, 1.82) is 0 Å². The van der Waals surface area contributed by atoms with Gasteiger partial charge in [-0.15, -0.1) is 0 Å². The maximum Gasteiger partial charge on any atom is 0.315 e. The van der Waals surface area contributed by atoms with Crippen LogP contribution in [0, 0.1) is 5.92 Å². The van der Waals surface area contributed by atoms with E-state index in [1.54, 1.807) is 0 Å². The Morgan fingerprint density at radius 3 is 2.58 bits per heavy atom. The van der Waals surface area contributed by atoms with Gasteiger partial charge in [0.25, 0.3) is 0 Å². The monoisotopic (exact) mass is 268 g/mol. The predicted molar refractivity (Wildman–Crippen MR) is 74.0 cm³/mol. The summed E-state index contributed by atoms with van der Waals surface area (Å²) < 4.78 is 0. The van der Waals surface area contributed by atoms with Crippen molar-refractivity contribution in [3.8, 4) is 0 Å². The van der Waals surface area contributed by atoms with Crippen LogP contribution in [0.25, 0.3) is 0 Å². The minimum absolute atomic E-state index is 0.123. The molecule has 108 valence electrons. The van der Waals surface area contributed by atoms with Gasteiger partial charge in [-0.3, -0.25) is 4.79 Å². The van der Waals surface area contributed by atoms with E-state index >= 15 is 0 Å². The second-order valence-electron chi connectivity index (χ2n) is 5.04. The molecule has 0 radical (unpaired) electrons. The van der Waals surface area contributed by atoms with E-state index in [9.17, 15) is 9.59 Å². The van der Waals surface area contributed by atoms with Crippen LogP contribution in [0.5, 0.6) is 0 Å². The SMILES string of the molecule is CCC(CCNC(=O)NC1CC=CC1)CCC(=O)O. The smallest absolute Gasteiger partial charge is 0.315 e. The highest BCUT2D eigenvalue weighted by molar-refractivity contribution is 5.74. The first-order valence-corrected chi connectivity index (χ1v) is 7.03. The number of carbonyl (C=O) groups is 2. The Kier molecular flexibility index (Phi) is 7.00. The Hall–Kier alpha value is -1.52. The molecule has 1 aliphatic carbocycles. The van der Waals surface area contributed by atoms with Crippen molar-refractivity contribution >= 4 is 12.0 Å².